The Labute approximate surface area is 276 Å². The lowest BCUT2D eigenvalue weighted by molar-refractivity contribution is -0.0734. The third kappa shape index (κ3) is 7.76. The third-order valence-electron chi connectivity index (χ3n) is 10.7. The summed E-state index contributed by atoms with van der Waals surface area (Å²) in [6.07, 6.45) is 20.7. The Kier molecular flexibility index (Phi) is 10.5. The van der Waals surface area contributed by atoms with Crippen LogP contribution in [-0.4, -0.2) is 18.8 Å². The summed E-state index contributed by atoms with van der Waals surface area (Å²) in [5.74, 6) is 7.80. The van der Waals surface area contributed by atoms with E-state index in [9.17, 15) is 0 Å². The summed E-state index contributed by atoms with van der Waals surface area (Å²) in [4.78, 5) is 0. The van der Waals surface area contributed by atoms with Gasteiger partial charge in [-0.1, -0.05) is 143 Å². The normalized spacial score (nSPS) is 17.8. The predicted octanol–water partition coefficient (Wildman–Crippen LogP) is 11.7. The van der Waals surface area contributed by atoms with E-state index in [1.54, 1.807) is 0 Å². The molecule has 0 radical (unpaired) electrons. The number of rotatable bonds is 9. The monoisotopic (exact) mass is 610 g/mol. The van der Waals surface area contributed by atoms with Gasteiger partial charge < -0.3 is 9.47 Å². The number of ether oxygens (including phenoxy) is 2. The summed E-state index contributed by atoms with van der Waals surface area (Å²) < 4.78 is 13.2. The zero-order valence-corrected chi connectivity index (χ0v) is 27.6. The molecule has 2 heteroatoms. The molecular formula is C44H50O2. The predicted molar refractivity (Wildman–Crippen MR) is 194 cm³/mol. The van der Waals surface area contributed by atoms with Crippen LogP contribution in [0.3, 0.4) is 0 Å². The highest BCUT2D eigenvalue weighted by Crippen LogP contribution is 2.36. The van der Waals surface area contributed by atoms with Crippen molar-refractivity contribution in [1.29, 1.82) is 0 Å². The Bertz CT molecular complexity index is 1720. The van der Waals surface area contributed by atoms with Crippen molar-refractivity contribution in [1.82, 2.24) is 0 Å². The second-order valence-corrected chi connectivity index (χ2v) is 14.1. The minimum atomic E-state index is 0.211. The average Bonchev–Trinajstić information content (AvgIpc) is 3.36. The summed E-state index contributed by atoms with van der Waals surface area (Å²) in [6, 6.07) is 28.5. The number of hydrogen-bond donors (Lipinski definition) is 0. The molecule has 2 fully saturated rings. The van der Waals surface area contributed by atoms with Gasteiger partial charge in [0.2, 0.25) is 0 Å². The Morgan fingerprint density at radius 3 is 1.98 bits per heavy atom. The van der Waals surface area contributed by atoms with Gasteiger partial charge in [0.15, 0.2) is 0 Å². The second-order valence-electron chi connectivity index (χ2n) is 14.1. The van der Waals surface area contributed by atoms with Gasteiger partial charge in [-0.2, -0.15) is 0 Å². The first-order valence-corrected chi connectivity index (χ1v) is 18.3. The Hall–Kier alpha value is -3.38. The van der Waals surface area contributed by atoms with E-state index in [0.29, 0.717) is 19.3 Å². The van der Waals surface area contributed by atoms with Crippen molar-refractivity contribution in [3.8, 4) is 11.8 Å². The van der Waals surface area contributed by atoms with Crippen molar-refractivity contribution >= 4 is 32.3 Å². The molecule has 0 amide bonds. The fourth-order valence-electron chi connectivity index (χ4n) is 8.07. The molecule has 0 N–H and O–H groups in total. The van der Waals surface area contributed by atoms with Crippen LogP contribution in [0.4, 0.5) is 0 Å². The lowest BCUT2D eigenvalue weighted by Crippen LogP contribution is -2.28. The van der Waals surface area contributed by atoms with Crippen molar-refractivity contribution in [2.45, 2.75) is 115 Å². The first-order valence-electron chi connectivity index (χ1n) is 18.3. The first-order chi connectivity index (χ1) is 22.8. The molecule has 238 valence electrons. The van der Waals surface area contributed by atoms with E-state index in [1.165, 1.54) is 128 Å². The maximum Gasteiger partial charge on any atom is 0.0812 e. The molecule has 2 aliphatic carbocycles. The van der Waals surface area contributed by atoms with Crippen molar-refractivity contribution in [3.63, 3.8) is 0 Å². The van der Waals surface area contributed by atoms with Crippen LogP contribution in [-0.2, 0) is 16.1 Å². The lowest BCUT2D eigenvalue weighted by atomic mass is 9.92. The number of hydrogen-bond acceptors (Lipinski definition) is 2. The molecule has 0 spiro atoms. The zero-order valence-electron chi connectivity index (χ0n) is 27.6. The van der Waals surface area contributed by atoms with Crippen LogP contribution >= 0.6 is 0 Å². The quantitative estimate of drug-likeness (QED) is 0.0939. The van der Waals surface area contributed by atoms with Gasteiger partial charge in [0.05, 0.1) is 25.4 Å². The van der Waals surface area contributed by atoms with Gasteiger partial charge in [-0.15, -0.1) is 0 Å². The van der Waals surface area contributed by atoms with Crippen molar-refractivity contribution in [3.05, 3.63) is 95.6 Å². The molecule has 46 heavy (non-hydrogen) atoms. The molecule has 0 aliphatic heterocycles. The third-order valence-corrected chi connectivity index (χ3v) is 10.7. The Balaban J connectivity index is 0.983. The summed E-state index contributed by atoms with van der Waals surface area (Å²) in [5, 5.41) is 7.74. The second kappa shape index (κ2) is 15.5. The molecule has 2 nitrogen and oxygen atoms in total. The van der Waals surface area contributed by atoms with Gasteiger partial charge in [-0.3, -0.25) is 0 Å². The standard InChI is InChI=1S/C44H50O2/c1-2-8-15-40(16-9-3-1)46-41(29-22-33-11-6-4-5-7-12-33)32-45-31-35-19-17-34(18-20-35)21-23-36-24-25-39-27-26-37-13-10-14-38-28-30-42(36)44(39)43(37)38/h10,13-14,17-20,24-28,30,33,40-41H,1-9,11-12,15-16,22,29,31-32H2/t41-/m1/s1. The molecule has 5 aromatic carbocycles. The van der Waals surface area contributed by atoms with Crippen LogP contribution in [0.15, 0.2) is 78.9 Å². The topological polar surface area (TPSA) is 18.5 Å². The van der Waals surface area contributed by atoms with Crippen LogP contribution in [0, 0.1) is 17.8 Å². The van der Waals surface area contributed by atoms with Gasteiger partial charge in [0.1, 0.15) is 0 Å². The van der Waals surface area contributed by atoms with Gasteiger partial charge in [0, 0.05) is 11.1 Å². The highest BCUT2D eigenvalue weighted by atomic mass is 16.5. The van der Waals surface area contributed by atoms with E-state index < -0.39 is 0 Å². The van der Waals surface area contributed by atoms with E-state index in [1.807, 2.05) is 0 Å². The first kappa shape index (κ1) is 31.2. The number of benzene rings is 5. The van der Waals surface area contributed by atoms with Crippen molar-refractivity contribution in [2.24, 2.45) is 5.92 Å². The fraction of sp³-hybridized carbons (Fsp3) is 0.455. The molecule has 1 atom stereocenters. The smallest absolute Gasteiger partial charge is 0.0812 e. The maximum absolute atomic E-state index is 6.81. The molecule has 5 aromatic rings. The largest absolute Gasteiger partial charge is 0.374 e. The van der Waals surface area contributed by atoms with E-state index >= 15 is 0 Å². The highest BCUT2D eigenvalue weighted by molar-refractivity contribution is 6.23. The SMILES string of the molecule is C(#Cc1ccc2ccc3cccc4ccc1c2c34)c1ccc(COC[C@@H](CCC2CCCCCC2)OC2CCCCCCC2)cc1. The van der Waals surface area contributed by atoms with Crippen LogP contribution in [0.1, 0.15) is 113 Å². The average molecular weight is 611 g/mol. The fourth-order valence-corrected chi connectivity index (χ4v) is 8.07. The molecular weight excluding hydrogens is 560 g/mol. The van der Waals surface area contributed by atoms with Crippen LogP contribution in [0.2, 0.25) is 0 Å². The summed E-state index contributed by atoms with van der Waals surface area (Å²) in [7, 11) is 0. The Morgan fingerprint density at radius 1 is 0.609 bits per heavy atom. The molecule has 2 aliphatic rings. The van der Waals surface area contributed by atoms with E-state index in [0.717, 1.165) is 23.5 Å². The summed E-state index contributed by atoms with van der Waals surface area (Å²) in [6.45, 7) is 1.32. The molecule has 0 bridgehead atoms. The summed E-state index contributed by atoms with van der Waals surface area (Å²) >= 11 is 0. The minimum absolute atomic E-state index is 0.211. The molecule has 0 heterocycles. The van der Waals surface area contributed by atoms with E-state index in [-0.39, 0.29) is 6.10 Å². The van der Waals surface area contributed by atoms with Crippen LogP contribution < -0.4 is 0 Å². The lowest BCUT2D eigenvalue weighted by Gasteiger charge is -2.27. The highest BCUT2D eigenvalue weighted by Gasteiger charge is 2.21. The molecule has 0 aromatic heterocycles. The van der Waals surface area contributed by atoms with E-state index in [2.05, 4.69) is 90.7 Å². The summed E-state index contributed by atoms with van der Waals surface area (Å²) in [5.41, 5.74) is 3.31. The molecule has 0 saturated heterocycles. The minimum Gasteiger partial charge on any atom is -0.374 e. The van der Waals surface area contributed by atoms with Gasteiger partial charge in [-0.25, -0.2) is 0 Å². The molecule has 0 unspecified atom stereocenters. The van der Waals surface area contributed by atoms with Gasteiger partial charge in [0.25, 0.3) is 0 Å². The van der Waals surface area contributed by atoms with Gasteiger partial charge in [-0.05, 0) is 87.7 Å². The van der Waals surface area contributed by atoms with Crippen LogP contribution in [0.25, 0.3) is 32.3 Å². The molecule has 7 rings (SSSR count). The zero-order chi connectivity index (χ0) is 31.0. The van der Waals surface area contributed by atoms with Gasteiger partial charge >= 0.3 is 0 Å². The molecule has 2 saturated carbocycles. The van der Waals surface area contributed by atoms with Crippen molar-refractivity contribution in [2.75, 3.05) is 6.61 Å². The van der Waals surface area contributed by atoms with E-state index in [4.69, 9.17) is 9.47 Å². The van der Waals surface area contributed by atoms with Crippen LogP contribution in [0.5, 0.6) is 0 Å². The Morgan fingerprint density at radius 2 is 1.24 bits per heavy atom. The van der Waals surface area contributed by atoms with Crippen molar-refractivity contribution < 1.29 is 9.47 Å². The maximum atomic E-state index is 6.81.